The number of pyridine rings is 1. The number of rotatable bonds is 10. The van der Waals surface area contributed by atoms with Crippen molar-refractivity contribution in [1.29, 1.82) is 0 Å². The van der Waals surface area contributed by atoms with E-state index >= 15 is 0 Å². The molecule has 180 valence electrons. The fourth-order valence-electron chi connectivity index (χ4n) is 4.07. The maximum Gasteiger partial charge on any atom is 0.220 e. The number of methoxy groups -OCH3 is 2. The van der Waals surface area contributed by atoms with Crippen molar-refractivity contribution in [2.75, 3.05) is 27.3 Å². The van der Waals surface area contributed by atoms with Gasteiger partial charge in [-0.15, -0.1) is 0 Å². The average Bonchev–Trinajstić information content (AvgIpc) is 2.80. The maximum absolute atomic E-state index is 11.8. The molecule has 0 radical (unpaired) electrons. The van der Waals surface area contributed by atoms with Crippen LogP contribution in [0.4, 0.5) is 0 Å². The number of hydrogen-bond donors (Lipinski definition) is 1. The first-order valence-corrected chi connectivity index (χ1v) is 11.7. The molecule has 1 N–H and O–H groups in total. The number of hydrogen-bond acceptors (Lipinski definition) is 6. The molecule has 33 heavy (non-hydrogen) atoms. The Kier molecular flexibility index (Phi) is 8.95. The Bertz CT molecular complexity index is 881. The number of amides is 1. The van der Waals surface area contributed by atoms with Crippen LogP contribution >= 0.6 is 0 Å². The zero-order chi connectivity index (χ0) is 23.8. The molecule has 0 atom stereocenters. The largest absolute Gasteiger partial charge is 0.496 e. The van der Waals surface area contributed by atoms with Gasteiger partial charge in [0, 0.05) is 50.4 Å². The van der Waals surface area contributed by atoms with Gasteiger partial charge in [-0.1, -0.05) is 19.9 Å². The molecule has 3 rings (SSSR count). The summed E-state index contributed by atoms with van der Waals surface area (Å²) in [5, 5.41) is 2.93. The van der Waals surface area contributed by atoms with Crippen molar-refractivity contribution in [2.24, 2.45) is 5.92 Å². The third-order valence-corrected chi connectivity index (χ3v) is 5.92. The summed E-state index contributed by atoms with van der Waals surface area (Å²) in [6, 6.07) is 8.04. The number of nitrogens with one attached hydrogen (secondary N) is 1. The number of ether oxygens (including phenoxy) is 3. The molecule has 0 spiro atoms. The van der Waals surface area contributed by atoms with E-state index in [2.05, 4.69) is 27.3 Å². The van der Waals surface area contributed by atoms with Gasteiger partial charge in [-0.05, 0) is 48.9 Å². The smallest absolute Gasteiger partial charge is 0.220 e. The van der Waals surface area contributed by atoms with E-state index in [9.17, 15) is 4.79 Å². The van der Waals surface area contributed by atoms with Crippen LogP contribution in [-0.4, -0.2) is 49.2 Å². The van der Waals surface area contributed by atoms with E-state index in [4.69, 9.17) is 14.2 Å². The summed E-state index contributed by atoms with van der Waals surface area (Å²) in [7, 11) is 3.38. The van der Waals surface area contributed by atoms with E-state index < -0.39 is 0 Å². The number of nitrogens with zero attached hydrogens (tertiary/aromatic N) is 2. The van der Waals surface area contributed by atoms with Crippen LogP contribution in [0.25, 0.3) is 0 Å². The van der Waals surface area contributed by atoms with E-state index in [1.807, 2.05) is 32.9 Å². The molecule has 7 heteroatoms. The van der Waals surface area contributed by atoms with Crippen LogP contribution < -0.4 is 19.5 Å². The molecule has 1 amide bonds. The molecule has 1 aliphatic heterocycles. The van der Waals surface area contributed by atoms with Crippen LogP contribution in [0.1, 0.15) is 49.8 Å². The number of aromatic nitrogens is 1. The van der Waals surface area contributed by atoms with Gasteiger partial charge in [0.15, 0.2) is 0 Å². The second-order valence-electron chi connectivity index (χ2n) is 9.10. The average molecular weight is 456 g/mol. The SMILES string of the molecule is COc1cc(CN2CCC(Oc3ccc(CNC(=O)CC(C)C)cn3)CC2)cc(OC)c1C. The van der Waals surface area contributed by atoms with Gasteiger partial charge in [-0.2, -0.15) is 0 Å². The van der Waals surface area contributed by atoms with Crippen molar-refractivity contribution in [3.63, 3.8) is 0 Å². The molecular weight excluding hydrogens is 418 g/mol. The first-order valence-electron chi connectivity index (χ1n) is 11.7. The lowest BCUT2D eigenvalue weighted by Gasteiger charge is -2.32. The lowest BCUT2D eigenvalue weighted by Crippen LogP contribution is -2.37. The predicted molar refractivity (Wildman–Crippen MR) is 129 cm³/mol. The number of benzene rings is 1. The highest BCUT2D eigenvalue weighted by molar-refractivity contribution is 5.76. The highest BCUT2D eigenvalue weighted by Gasteiger charge is 2.22. The summed E-state index contributed by atoms with van der Waals surface area (Å²) in [6.45, 7) is 9.35. The highest BCUT2D eigenvalue weighted by Crippen LogP contribution is 2.30. The normalized spacial score (nSPS) is 14.8. The van der Waals surface area contributed by atoms with Gasteiger partial charge in [0.1, 0.15) is 17.6 Å². The second-order valence-corrected chi connectivity index (χ2v) is 9.10. The Morgan fingerprint density at radius 1 is 1.12 bits per heavy atom. The van der Waals surface area contributed by atoms with Gasteiger partial charge in [0.05, 0.1) is 14.2 Å². The summed E-state index contributed by atoms with van der Waals surface area (Å²) >= 11 is 0. The lowest BCUT2D eigenvalue weighted by atomic mass is 10.1. The van der Waals surface area contributed by atoms with E-state index in [0.29, 0.717) is 24.8 Å². The van der Waals surface area contributed by atoms with Gasteiger partial charge < -0.3 is 19.5 Å². The van der Waals surface area contributed by atoms with Gasteiger partial charge >= 0.3 is 0 Å². The molecule has 0 aliphatic carbocycles. The summed E-state index contributed by atoms with van der Waals surface area (Å²) in [4.78, 5) is 18.7. The number of carbonyl (C=O) groups excluding carboxylic acids is 1. The molecule has 0 saturated carbocycles. The Hall–Kier alpha value is -2.80. The van der Waals surface area contributed by atoms with Crippen molar-refractivity contribution in [2.45, 2.75) is 59.2 Å². The minimum Gasteiger partial charge on any atom is -0.496 e. The molecule has 1 fully saturated rings. The maximum atomic E-state index is 11.8. The monoisotopic (exact) mass is 455 g/mol. The summed E-state index contributed by atoms with van der Waals surface area (Å²) < 4.78 is 17.1. The molecule has 1 aromatic heterocycles. The van der Waals surface area contributed by atoms with E-state index in [0.717, 1.165) is 55.1 Å². The van der Waals surface area contributed by atoms with Crippen molar-refractivity contribution >= 4 is 5.91 Å². The fraction of sp³-hybridized carbons (Fsp3) is 0.538. The number of carbonyl (C=O) groups is 1. The number of likely N-dealkylation sites (tertiary alicyclic amines) is 1. The van der Waals surface area contributed by atoms with Crippen LogP contribution in [0.3, 0.4) is 0 Å². The highest BCUT2D eigenvalue weighted by atomic mass is 16.5. The van der Waals surface area contributed by atoms with Crippen molar-refractivity contribution in [3.05, 3.63) is 47.2 Å². The minimum atomic E-state index is 0.0691. The first kappa shape index (κ1) is 24.8. The Morgan fingerprint density at radius 3 is 2.33 bits per heavy atom. The van der Waals surface area contributed by atoms with E-state index in [1.54, 1.807) is 20.4 Å². The van der Waals surface area contributed by atoms with E-state index in [-0.39, 0.29) is 12.0 Å². The quantitative estimate of drug-likeness (QED) is 0.581. The second kappa shape index (κ2) is 11.9. The fourth-order valence-corrected chi connectivity index (χ4v) is 4.07. The Balaban J connectivity index is 1.45. The molecule has 7 nitrogen and oxygen atoms in total. The topological polar surface area (TPSA) is 72.9 Å². The predicted octanol–water partition coefficient (Wildman–Crippen LogP) is 4.11. The Morgan fingerprint density at radius 2 is 1.79 bits per heavy atom. The summed E-state index contributed by atoms with van der Waals surface area (Å²) in [5.74, 6) is 2.78. The molecule has 1 saturated heterocycles. The minimum absolute atomic E-state index is 0.0691. The van der Waals surface area contributed by atoms with Gasteiger partial charge in [0.25, 0.3) is 0 Å². The van der Waals surface area contributed by atoms with Crippen molar-refractivity contribution < 1.29 is 19.0 Å². The molecule has 0 unspecified atom stereocenters. The zero-order valence-electron chi connectivity index (χ0n) is 20.5. The third-order valence-electron chi connectivity index (χ3n) is 5.92. The van der Waals surface area contributed by atoms with Crippen LogP contribution in [0.5, 0.6) is 17.4 Å². The van der Waals surface area contributed by atoms with Crippen LogP contribution in [0, 0.1) is 12.8 Å². The van der Waals surface area contributed by atoms with Crippen molar-refractivity contribution in [1.82, 2.24) is 15.2 Å². The summed E-state index contributed by atoms with van der Waals surface area (Å²) in [5.41, 5.74) is 3.18. The lowest BCUT2D eigenvalue weighted by molar-refractivity contribution is -0.121. The molecule has 1 aromatic carbocycles. The van der Waals surface area contributed by atoms with Gasteiger partial charge in [0.2, 0.25) is 11.8 Å². The van der Waals surface area contributed by atoms with Crippen LogP contribution in [-0.2, 0) is 17.9 Å². The van der Waals surface area contributed by atoms with Gasteiger partial charge in [-0.25, -0.2) is 4.98 Å². The molecule has 0 bridgehead atoms. The molecular formula is C26H37N3O4. The van der Waals surface area contributed by atoms with E-state index in [1.165, 1.54) is 5.56 Å². The van der Waals surface area contributed by atoms with Crippen LogP contribution in [0.15, 0.2) is 30.5 Å². The van der Waals surface area contributed by atoms with Crippen LogP contribution in [0.2, 0.25) is 0 Å². The standard InChI is InChI=1S/C26H37N3O4/c1-18(2)12-25(30)27-15-20-6-7-26(28-16-20)33-22-8-10-29(11-9-22)17-21-13-23(31-4)19(3)24(14-21)32-5/h6-7,13-14,16,18,22H,8-12,15,17H2,1-5H3,(H,27,30). The molecule has 2 aromatic rings. The first-order chi connectivity index (χ1) is 15.9. The zero-order valence-corrected chi connectivity index (χ0v) is 20.5. The Labute approximate surface area is 197 Å². The summed E-state index contributed by atoms with van der Waals surface area (Å²) in [6.07, 6.45) is 4.38. The van der Waals surface area contributed by atoms with Gasteiger partial charge in [-0.3, -0.25) is 9.69 Å². The van der Waals surface area contributed by atoms with Crippen molar-refractivity contribution in [3.8, 4) is 17.4 Å². The molecule has 2 heterocycles. The molecule has 1 aliphatic rings. The number of piperidine rings is 1. The third kappa shape index (κ3) is 7.35.